The highest BCUT2D eigenvalue weighted by molar-refractivity contribution is 7.95. The third-order valence-corrected chi connectivity index (χ3v) is 4.35. The molecule has 0 heterocycles. The summed E-state index contributed by atoms with van der Waals surface area (Å²) >= 11 is 7.42. The molecule has 3 rings (SSSR count). The van der Waals surface area contributed by atoms with Gasteiger partial charge < -0.3 is 4.18 Å². The number of halogens is 1. The minimum Gasteiger partial charge on any atom is -0.421 e. The fraction of sp³-hybridized carbons (Fsp3) is 0.111. The molecule has 0 amide bonds. The highest BCUT2D eigenvalue weighted by Gasteiger charge is 2.05. The Bertz CT molecular complexity index is 753. The van der Waals surface area contributed by atoms with Crippen LogP contribution in [0.15, 0.2) is 65.6 Å². The lowest BCUT2D eigenvalue weighted by atomic mass is 10.1. The van der Waals surface area contributed by atoms with Crippen LogP contribution in [0.5, 0.6) is 5.75 Å². The first-order valence-electron chi connectivity index (χ1n) is 6.75. The minimum absolute atomic E-state index is 0.479. The molecule has 1 nitrogen and oxygen atoms in total. The smallest absolute Gasteiger partial charge is 0.138 e. The SMILES string of the molecule is Cc1ccc(SOc2cc(CCl)c3ccccc3c2)cc1. The third kappa shape index (κ3) is 3.34. The summed E-state index contributed by atoms with van der Waals surface area (Å²) in [4.78, 5) is 1.08. The van der Waals surface area contributed by atoms with Crippen molar-refractivity contribution in [1.29, 1.82) is 0 Å². The van der Waals surface area contributed by atoms with Crippen molar-refractivity contribution < 1.29 is 4.18 Å². The fourth-order valence-electron chi connectivity index (χ4n) is 2.21. The van der Waals surface area contributed by atoms with E-state index in [9.17, 15) is 0 Å². The van der Waals surface area contributed by atoms with E-state index in [0.717, 1.165) is 21.6 Å². The van der Waals surface area contributed by atoms with Gasteiger partial charge >= 0.3 is 0 Å². The second kappa shape index (κ2) is 6.42. The molecule has 3 aromatic rings. The van der Waals surface area contributed by atoms with Gasteiger partial charge in [-0.05, 0) is 47.5 Å². The van der Waals surface area contributed by atoms with Gasteiger partial charge in [-0.1, -0.05) is 42.0 Å². The number of hydrogen-bond acceptors (Lipinski definition) is 2. The molecule has 0 bridgehead atoms. The van der Waals surface area contributed by atoms with Gasteiger partial charge in [0.25, 0.3) is 0 Å². The summed E-state index contributed by atoms with van der Waals surface area (Å²) in [6, 6.07) is 20.6. The van der Waals surface area contributed by atoms with Gasteiger partial charge in [-0.15, -0.1) is 11.6 Å². The Hall–Kier alpha value is -1.64. The normalized spacial score (nSPS) is 10.8. The van der Waals surface area contributed by atoms with Crippen LogP contribution in [-0.2, 0) is 5.88 Å². The Morgan fingerprint density at radius 2 is 1.76 bits per heavy atom. The molecule has 106 valence electrons. The lowest BCUT2D eigenvalue weighted by Gasteiger charge is -2.09. The Labute approximate surface area is 134 Å². The van der Waals surface area contributed by atoms with E-state index in [0.29, 0.717) is 5.88 Å². The Balaban J connectivity index is 1.85. The van der Waals surface area contributed by atoms with E-state index in [2.05, 4.69) is 43.3 Å². The van der Waals surface area contributed by atoms with Crippen molar-refractivity contribution in [2.24, 2.45) is 0 Å². The molecule has 0 aromatic heterocycles. The maximum atomic E-state index is 6.05. The molecule has 0 aliphatic carbocycles. The molecular formula is C18H15ClOS. The topological polar surface area (TPSA) is 9.23 Å². The molecule has 0 radical (unpaired) electrons. The zero-order chi connectivity index (χ0) is 14.7. The number of fused-ring (bicyclic) bond motifs is 1. The number of alkyl halides is 1. The van der Waals surface area contributed by atoms with Crippen LogP contribution in [0, 0.1) is 6.92 Å². The number of hydrogen-bond donors (Lipinski definition) is 0. The average Bonchev–Trinajstić information content (AvgIpc) is 2.53. The predicted octanol–water partition coefficient (Wildman–Crippen LogP) is 5.97. The van der Waals surface area contributed by atoms with Crippen molar-refractivity contribution in [1.82, 2.24) is 0 Å². The molecule has 0 aliphatic heterocycles. The van der Waals surface area contributed by atoms with Crippen LogP contribution in [0.4, 0.5) is 0 Å². The number of benzene rings is 3. The zero-order valence-corrected chi connectivity index (χ0v) is 13.2. The molecule has 3 aromatic carbocycles. The van der Waals surface area contributed by atoms with Crippen LogP contribution in [0.3, 0.4) is 0 Å². The second-order valence-corrected chi connectivity index (χ2v) is 5.99. The van der Waals surface area contributed by atoms with Gasteiger partial charge in [0.2, 0.25) is 0 Å². The van der Waals surface area contributed by atoms with Crippen molar-refractivity contribution in [3.8, 4) is 5.75 Å². The minimum atomic E-state index is 0.479. The molecule has 21 heavy (non-hydrogen) atoms. The predicted molar refractivity (Wildman–Crippen MR) is 91.2 cm³/mol. The third-order valence-electron chi connectivity index (χ3n) is 3.32. The Morgan fingerprint density at radius 1 is 1.00 bits per heavy atom. The first-order chi connectivity index (χ1) is 10.3. The lowest BCUT2D eigenvalue weighted by molar-refractivity contribution is 0.646. The van der Waals surface area contributed by atoms with Crippen molar-refractivity contribution >= 4 is 34.4 Å². The second-order valence-electron chi connectivity index (χ2n) is 4.92. The quantitative estimate of drug-likeness (QED) is 0.433. The molecule has 0 atom stereocenters. The average molecular weight is 315 g/mol. The summed E-state index contributed by atoms with van der Waals surface area (Å²) < 4.78 is 5.84. The summed E-state index contributed by atoms with van der Waals surface area (Å²) in [6.07, 6.45) is 0. The molecule has 0 aliphatic rings. The van der Waals surface area contributed by atoms with E-state index in [4.69, 9.17) is 15.8 Å². The lowest BCUT2D eigenvalue weighted by Crippen LogP contribution is -1.87. The molecular weight excluding hydrogens is 300 g/mol. The van der Waals surface area contributed by atoms with Crippen LogP contribution in [0.1, 0.15) is 11.1 Å². The Kier molecular flexibility index (Phi) is 4.37. The largest absolute Gasteiger partial charge is 0.421 e. The van der Waals surface area contributed by atoms with Crippen molar-refractivity contribution in [3.05, 3.63) is 71.8 Å². The van der Waals surface area contributed by atoms with Crippen LogP contribution < -0.4 is 4.18 Å². The van der Waals surface area contributed by atoms with Crippen molar-refractivity contribution in [2.75, 3.05) is 0 Å². The molecule has 0 saturated carbocycles. The van der Waals surface area contributed by atoms with Gasteiger partial charge in [-0.3, -0.25) is 0 Å². The van der Waals surface area contributed by atoms with Gasteiger partial charge in [-0.25, -0.2) is 0 Å². The van der Waals surface area contributed by atoms with Gasteiger partial charge in [0, 0.05) is 10.8 Å². The van der Waals surface area contributed by atoms with Crippen LogP contribution in [-0.4, -0.2) is 0 Å². The van der Waals surface area contributed by atoms with Gasteiger partial charge in [0.1, 0.15) is 5.75 Å². The summed E-state index contributed by atoms with van der Waals surface area (Å²) in [5, 5.41) is 2.33. The van der Waals surface area contributed by atoms with Gasteiger partial charge in [0.15, 0.2) is 0 Å². The fourth-order valence-corrected chi connectivity index (χ4v) is 2.97. The summed E-state index contributed by atoms with van der Waals surface area (Å²) in [5.74, 6) is 1.31. The number of aryl methyl sites for hydroxylation is 1. The standard InChI is InChI=1S/C18H15ClOS/c1-13-6-8-17(9-7-13)21-20-16-10-14-4-2-3-5-18(14)15(11-16)12-19/h2-11H,12H2,1H3. The molecule has 0 saturated heterocycles. The summed E-state index contributed by atoms with van der Waals surface area (Å²) in [5.41, 5.74) is 2.34. The molecule has 0 fully saturated rings. The van der Waals surface area contributed by atoms with Crippen molar-refractivity contribution in [3.63, 3.8) is 0 Å². The van der Waals surface area contributed by atoms with Gasteiger partial charge in [0.05, 0.1) is 12.0 Å². The van der Waals surface area contributed by atoms with Crippen LogP contribution >= 0.6 is 23.6 Å². The first-order valence-corrected chi connectivity index (χ1v) is 8.03. The van der Waals surface area contributed by atoms with Crippen LogP contribution in [0.25, 0.3) is 10.8 Å². The van der Waals surface area contributed by atoms with E-state index in [-0.39, 0.29) is 0 Å². The molecule has 3 heteroatoms. The summed E-state index contributed by atoms with van der Waals surface area (Å²) in [6.45, 7) is 2.07. The molecule has 0 spiro atoms. The van der Waals surface area contributed by atoms with E-state index in [1.165, 1.54) is 23.0 Å². The monoisotopic (exact) mass is 314 g/mol. The summed E-state index contributed by atoms with van der Waals surface area (Å²) in [7, 11) is 0. The van der Waals surface area contributed by atoms with E-state index in [1.54, 1.807) is 0 Å². The van der Waals surface area contributed by atoms with E-state index in [1.807, 2.05) is 24.3 Å². The maximum Gasteiger partial charge on any atom is 0.138 e. The first kappa shape index (κ1) is 14.3. The molecule has 0 N–H and O–H groups in total. The van der Waals surface area contributed by atoms with Crippen LogP contribution in [0.2, 0.25) is 0 Å². The van der Waals surface area contributed by atoms with Crippen molar-refractivity contribution in [2.45, 2.75) is 17.7 Å². The Morgan fingerprint density at radius 3 is 2.52 bits per heavy atom. The highest BCUT2D eigenvalue weighted by Crippen LogP contribution is 2.30. The molecule has 0 unspecified atom stereocenters. The zero-order valence-electron chi connectivity index (χ0n) is 11.7. The maximum absolute atomic E-state index is 6.05. The number of rotatable bonds is 4. The van der Waals surface area contributed by atoms with E-state index >= 15 is 0 Å². The van der Waals surface area contributed by atoms with Gasteiger partial charge in [-0.2, -0.15) is 0 Å². The highest BCUT2D eigenvalue weighted by atomic mass is 35.5. The van der Waals surface area contributed by atoms with E-state index < -0.39 is 0 Å².